The average molecular weight is 679 g/mol. The highest BCUT2D eigenvalue weighted by atomic mass is 32.2. The van der Waals surface area contributed by atoms with Gasteiger partial charge in [0.1, 0.15) is 17.7 Å². The highest BCUT2D eigenvalue weighted by molar-refractivity contribution is 7.92. The number of amides is 2. The first-order valence-corrected chi connectivity index (χ1v) is 18.6. The first kappa shape index (κ1) is 38.5. The molecule has 12 heteroatoms. The number of aryl methyl sites for hydroxylation is 1. The number of rotatable bonds is 19. The Kier molecular flexibility index (Phi) is 15.7. The quantitative estimate of drug-likeness (QED) is 0.153. The van der Waals surface area contributed by atoms with Crippen LogP contribution in [0.3, 0.4) is 0 Å². The zero-order valence-corrected chi connectivity index (χ0v) is 28.7. The van der Waals surface area contributed by atoms with Gasteiger partial charge in [0.25, 0.3) is 0 Å². The summed E-state index contributed by atoms with van der Waals surface area (Å²) in [6.45, 7) is 7.59. The number of benzene rings is 2. The maximum Gasteiger partial charge on any atom is 0.243 e. The average Bonchev–Trinajstić information content (AvgIpc) is 3.03. The Hall–Kier alpha value is -2.93. The van der Waals surface area contributed by atoms with Gasteiger partial charge in [-0.15, -0.1) is 0 Å². The molecule has 1 saturated heterocycles. The minimum Gasteiger partial charge on any atom is -0.390 e. The number of aliphatic hydroxyl groups is 1. The van der Waals surface area contributed by atoms with Crippen molar-refractivity contribution in [3.05, 3.63) is 70.8 Å². The van der Waals surface area contributed by atoms with E-state index in [0.29, 0.717) is 58.2 Å². The van der Waals surface area contributed by atoms with E-state index < -0.39 is 62.5 Å². The van der Waals surface area contributed by atoms with Crippen LogP contribution in [0.4, 0.5) is 8.78 Å². The molecule has 47 heavy (non-hydrogen) atoms. The Morgan fingerprint density at radius 3 is 2.19 bits per heavy atom. The zero-order valence-electron chi connectivity index (χ0n) is 27.9. The Bertz CT molecular complexity index is 1380. The van der Waals surface area contributed by atoms with Crippen LogP contribution < -0.4 is 21.3 Å². The summed E-state index contributed by atoms with van der Waals surface area (Å²) in [7, 11) is -3.81. The van der Waals surface area contributed by atoms with Gasteiger partial charge in [-0.3, -0.25) is 9.59 Å². The van der Waals surface area contributed by atoms with Crippen molar-refractivity contribution in [2.45, 2.75) is 102 Å². The third-order valence-corrected chi connectivity index (χ3v) is 11.0. The molecule has 262 valence electrons. The van der Waals surface area contributed by atoms with Crippen LogP contribution in [0, 0.1) is 17.6 Å². The third kappa shape index (κ3) is 12.6. The number of hydrogen-bond donors (Lipinski definition) is 5. The van der Waals surface area contributed by atoms with E-state index >= 15 is 0 Å². The second kappa shape index (κ2) is 19.2. The van der Waals surface area contributed by atoms with Gasteiger partial charge >= 0.3 is 0 Å². The van der Waals surface area contributed by atoms with Crippen molar-refractivity contribution in [3.8, 4) is 0 Å². The lowest BCUT2D eigenvalue weighted by molar-refractivity contribution is -0.131. The molecule has 9 nitrogen and oxygen atoms in total. The Labute approximate surface area is 278 Å². The number of carbonyl (C=O) groups is 2. The molecule has 0 radical (unpaired) electrons. The topological polar surface area (TPSA) is 137 Å². The molecule has 1 fully saturated rings. The van der Waals surface area contributed by atoms with E-state index in [1.54, 1.807) is 0 Å². The van der Waals surface area contributed by atoms with Gasteiger partial charge in [0, 0.05) is 25.1 Å². The molecular weight excluding hydrogens is 626 g/mol. The van der Waals surface area contributed by atoms with Gasteiger partial charge in [0.15, 0.2) is 9.84 Å². The number of piperidine rings is 1. The lowest BCUT2D eigenvalue weighted by atomic mass is 9.97. The zero-order chi connectivity index (χ0) is 34.4. The molecule has 1 aliphatic rings. The van der Waals surface area contributed by atoms with Crippen molar-refractivity contribution in [2.75, 3.05) is 25.4 Å². The van der Waals surface area contributed by atoms with Crippen molar-refractivity contribution >= 4 is 21.7 Å². The minimum atomic E-state index is -3.81. The second-order valence-electron chi connectivity index (χ2n) is 12.6. The van der Waals surface area contributed by atoms with E-state index in [4.69, 9.17) is 0 Å². The highest BCUT2D eigenvalue weighted by Gasteiger charge is 2.35. The van der Waals surface area contributed by atoms with E-state index in [0.717, 1.165) is 35.7 Å². The fraction of sp³-hybridized carbons (Fsp3) is 0.600. The summed E-state index contributed by atoms with van der Waals surface area (Å²) in [5.74, 6) is -3.75. The van der Waals surface area contributed by atoms with Gasteiger partial charge in [0.05, 0.1) is 23.1 Å². The number of nitrogens with one attached hydrogen (secondary N) is 4. The Balaban J connectivity index is 1.85. The van der Waals surface area contributed by atoms with E-state index in [9.17, 15) is 31.9 Å². The van der Waals surface area contributed by atoms with Crippen molar-refractivity contribution in [2.24, 2.45) is 5.92 Å². The molecule has 0 bridgehead atoms. The number of halogens is 2. The number of sulfone groups is 1. The van der Waals surface area contributed by atoms with Crippen LogP contribution in [0.5, 0.6) is 0 Å². The molecule has 0 aliphatic carbocycles. The van der Waals surface area contributed by atoms with Gasteiger partial charge in [-0.25, -0.2) is 17.2 Å². The van der Waals surface area contributed by atoms with E-state index in [1.807, 2.05) is 32.0 Å². The molecule has 2 aromatic rings. The van der Waals surface area contributed by atoms with E-state index in [-0.39, 0.29) is 24.4 Å². The molecule has 3 atom stereocenters. The largest absolute Gasteiger partial charge is 0.390 e. The van der Waals surface area contributed by atoms with E-state index in [1.165, 1.54) is 0 Å². The molecule has 3 rings (SSSR count). The molecule has 2 aromatic carbocycles. The van der Waals surface area contributed by atoms with Gasteiger partial charge < -0.3 is 26.4 Å². The SMILES string of the molecule is CCCC(CCC)S(=O)(=O)CC(NC(=O)C1CCNCC1)C(=O)N[C@@H](Cc1cc(F)cc(F)c1)[C@H](O)CNCc1cccc(CC)c1. The maximum atomic E-state index is 14.1. The van der Waals surface area contributed by atoms with Crippen molar-refractivity contribution in [1.29, 1.82) is 0 Å². The lowest BCUT2D eigenvalue weighted by Crippen LogP contribution is -2.58. The predicted octanol–water partition coefficient (Wildman–Crippen LogP) is 3.57. The minimum absolute atomic E-state index is 0.0264. The number of hydrogen-bond acceptors (Lipinski definition) is 7. The molecule has 1 aliphatic heterocycles. The van der Waals surface area contributed by atoms with Crippen LogP contribution >= 0.6 is 0 Å². The number of aliphatic hydroxyl groups excluding tert-OH is 1. The van der Waals surface area contributed by atoms with Crippen LogP contribution in [0.25, 0.3) is 0 Å². The van der Waals surface area contributed by atoms with E-state index in [2.05, 4.69) is 34.3 Å². The second-order valence-corrected chi connectivity index (χ2v) is 14.9. The Morgan fingerprint density at radius 2 is 1.57 bits per heavy atom. The van der Waals surface area contributed by atoms with Crippen LogP contribution in [0.1, 0.15) is 76.0 Å². The summed E-state index contributed by atoms with van der Waals surface area (Å²) >= 11 is 0. The van der Waals surface area contributed by atoms with Crippen LogP contribution in [0.2, 0.25) is 0 Å². The summed E-state index contributed by atoms with van der Waals surface area (Å²) in [6.07, 6.45) is 2.80. The first-order chi connectivity index (χ1) is 22.4. The van der Waals surface area contributed by atoms with Crippen LogP contribution in [-0.4, -0.2) is 74.2 Å². The van der Waals surface area contributed by atoms with Crippen LogP contribution in [-0.2, 0) is 38.8 Å². The fourth-order valence-corrected chi connectivity index (χ4v) is 8.25. The predicted molar refractivity (Wildman–Crippen MR) is 180 cm³/mol. The monoisotopic (exact) mass is 678 g/mol. The van der Waals surface area contributed by atoms with Crippen molar-refractivity contribution in [1.82, 2.24) is 21.3 Å². The molecule has 0 aromatic heterocycles. The molecular formula is C35H52F2N4O5S. The number of carbonyl (C=O) groups excluding carboxylic acids is 2. The van der Waals surface area contributed by atoms with Crippen molar-refractivity contribution in [3.63, 3.8) is 0 Å². The molecule has 2 amide bonds. The summed E-state index contributed by atoms with van der Waals surface area (Å²) in [4.78, 5) is 27.2. The smallest absolute Gasteiger partial charge is 0.243 e. The summed E-state index contributed by atoms with van der Waals surface area (Å²) < 4.78 is 55.4. The Morgan fingerprint density at radius 1 is 0.936 bits per heavy atom. The standard InChI is InChI=1S/C35H52F2N4O5S/c1-4-8-30(9-5-2)47(45,46)23-32(41-34(43)27-12-14-38-15-13-27)35(44)40-31(19-26-17-28(36)20-29(37)18-26)33(42)22-39-21-25-11-7-10-24(6-3)16-25/h7,10-11,16-18,20,27,30-33,38-39,42H,4-6,8-9,12-15,19,21-23H2,1-3H3,(H,40,44)(H,41,43)/t31-,32?,33+/m0/s1. The molecule has 5 N–H and O–H groups in total. The third-order valence-electron chi connectivity index (χ3n) is 8.72. The summed E-state index contributed by atoms with van der Waals surface area (Å²) in [6, 6.07) is 8.49. The molecule has 0 saturated carbocycles. The summed E-state index contributed by atoms with van der Waals surface area (Å²) in [5.41, 5.74) is 2.37. The highest BCUT2D eigenvalue weighted by Crippen LogP contribution is 2.19. The fourth-order valence-electron chi connectivity index (χ4n) is 6.09. The molecule has 1 unspecified atom stereocenters. The normalized spacial score (nSPS) is 16.1. The lowest BCUT2D eigenvalue weighted by Gasteiger charge is -2.29. The van der Waals surface area contributed by atoms with Crippen molar-refractivity contribution < 1.29 is 31.9 Å². The molecule has 1 heterocycles. The van der Waals surface area contributed by atoms with Gasteiger partial charge in [-0.05, 0) is 80.4 Å². The summed E-state index contributed by atoms with van der Waals surface area (Å²) in [5, 5.41) is 22.4. The molecule has 0 spiro atoms. The van der Waals surface area contributed by atoms with Gasteiger partial charge in [-0.2, -0.15) is 0 Å². The van der Waals surface area contributed by atoms with Crippen LogP contribution in [0.15, 0.2) is 42.5 Å². The maximum absolute atomic E-state index is 14.1. The van der Waals surface area contributed by atoms with Gasteiger partial charge in [-0.1, -0.05) is 57.9 Å². The first-order valence-electron chi connectivity index (χ1n) is 16.9. The van der Waals surface area contributed by atoms with Gasteiger partial charge in [0.2, 0.25) is 11.8 Å².